The summed E-state index contributed by atoms with van der Waals surface area (Å²) in [6.45, 7) is 5.20. The summed E-state index contributed by atoms with van der Waals surface area (Å²) >= 11 is 0. The van der Waals surface area contributed by atoms with Gasteiger partial charge in [-0.05, 0) is 12.8 Å². The summed E-state index contributed by atoms with van der Waals surface area (Å²) in [6.07, 6.45) is 28.1. The Hall–Kier alpha value is -2.02. The summed E-state index contributed by atoms with van der Waals surface area (Å²) in [5.74, 6) is -3.44. The van der Waals surface area contributed by atoms with E-state index in [1.165, 1.54) is 103 Å². The van der Waals surface area contributed by atoms with Gasteiger partial charge in [0.15, 0.2) is 0 Å². The molecule has 0 unspecified atom stereocenters. The van der Waals surface area contributed by atoms with Crippen LogP contribution in [-0.2, 0) is 48.1 Å². The topological polar surface area (TPSA) is 127 Å². The third-order valence-electron chi connectivity index (χ3n) is 6.21. The molecule has 0 aromatic heterocycles. The molecule has 0 bridgehead atoms. The molecular formula is C32H56O8Zn. The van der Waals surface area contributed by atoms with Gasteiger partial charge in [-0.3, -0.25) is 0 Å². The molecule has 0 fully saturated rings. The Bertz CT molecular complexity index is 633. The second kappa shape index (κ2) is 36.0. The molecule has 0 saturated heterocycles. The number of unbranched alkanes of at least 4 members (excludes halogenated alkanes) is 18. The number of rotatable bonds is 26. The van der Waals surface area contributed by atoms with Gasteiger partial charge in [0.1, 0.15) is 0 Å². The Morgan fingerprint density at radius 1 is 0.439 bits per heavy atom. The van der Waals surface area contributed by atoms with Crippen molar-refractivity contribution >= 4 is 23.9 Å². The van der Waals surface area contributed by atoms with Crippen molar-refractivity contribution in [1.82, 2.24) is 0 Å². The average Bonchev–Trinajstić information content (AvgIpc) is 2.92. The van der Waals surface area contributed by atoms with Crippen molar-refractivity contribution in [3.05, 3.63) is 24.3 Å². The first-order valence-electron chi connectivity index (χ1n) is 15.5. The van der Waals surface area contributed by atoms with Crippen molar-refractivity contribution in [3.8, 4) is 0 Å². The first-order chi connectivity index (χ1) is 19.3. The van der Waals surface area contributed by atoms with E-state index in [9.17, 15) is 19.2 Å². The molecule has 0 aromatic rings. The number of carboxylic acid groups (broad SMARTS) is 2. The smallest absolute Gasteiger partial charge is 0.331 e. The number of carbonyl (C=O) groups is 4. The minimum absolute atomic E-state index is 0. The van der Waals surface area contributed by atoms with Crippen LogP contribution in [0.25, 0.3) is 0 Å². The van der Waals surface area contributed by atoms with E-state index < -0.39 is 23.9 Å². The van der Waals surface area contributed by atoms with Gasteiger partial charge >= 0.3 is 23.9 Å². The summed E-state index contributed by atoms with van der Waals surface area (Å²) in [5, 5.41) is 16.7. The van der Waals surface area contributed by atoms with Crippen molar-refractivity contribution in [2.75, 3.05) is 13.2 Å². The Labute approximate surface area is 261 Å². The zero-order chi connectivity index (χ0) is 30.1. The standard InChI is InChI=1S/2C16H28O4.Zn/c2*1-2-3-4-5-6-7-8-9-10-11-14-20-16(19)13-12-15(17)18;/h2*12-13H,2-11,14H2,1H3,(H,17,18);/b2*13-12-;. The average molecular weight is 634 g/mol. The molecule has 8 nitrogen and oxygen atoms in total. The number of aliphatic carboxylic acids is 2. The number of carboxylic acids is 2. The fourth-order valence-corrected chi connectivity index (χ4v) is 3.90. The van der Waals surface area contributed by atoms with Gasteiger partial charge < -0.3 is 19.7 Å². The van der Waals surface area contributed by atoms with E-state index in [1.54, 1.807) is 0 Å². The van der Waals surface area contributed by atoms with E-state index in [4.69, 9.17) is 19.7 Å². The molecule has 0 aliphatic rings. The van der Waals surface area contributed by atoms with Gasteiger partial charge in [-0.1, -0.05) is 129 Å². The molecule has 41 heavy (non-hydrogen) atoms. The molecule has 0 amide bonds. The summed E-state index contributed by atoms with van der Waals surface area (Å²) in [4.78, 5) is 42.4. The molecule has 0 atom stereocenters. The van der Waals surface area contributed by atoms with Gasteiger partial charge in [0, 0.05) is 43.8 Å². The molecule has 0 saturated carbocycles. The quantitative estimate of drug-likeness (QED) is 0.0422. The summed E-state index contributed by atoms with van der Waals surface area (Å²) in [6, 6.07) is 0. The maximum Gasteiger partial charge on any atom is 0.331 e. The molecule has 0 aromatic carbocycles. The number of ether oxygens (including phenoxy) is 2. The van der Waals surface area contributed by atoms with Crippen LogP contribution in [0.3, 0.4) is 0 Å². The van der Waals surface area contributed by atoms with Crippen LogP contribution in [0.2, 0.25) is 0 Å². The molecular weight excluding hydrogens is 578 g/mol. The predicted molar refractivity (Wildman–Crippen MR) is 159 cm³/mol. The van der Waals surface area contributed by atoms with Crippen LogP contribution in [0.15, 0.2) is 24.3 Å². The van der Waals surface area contributed by atoms with Crippen LogP contribution in [0.1, 0.15) is 142 Å². The van der Waals surface area contributed by atoms with Crippen LogP contribution in [0.4, 0.5) is 0 Å². The summed E-state index contributed by atoms with van der Waals surface area (Å²) in [7, 11) is 0. The van der Waals surface area contributed by atoms with Crippen molar-refractivity contribution < 1.29 is 58.3 Å². The zero-order valence-corrected chi connectivity index (χ0v) is 28.9. The van der Waals surface area contributed by atoms with Crippen molar-refractivity contribution in [2.45, 2.75) is 142 Å². The Balaban J connectivity index is -0.000000688. The van der Waals surface area contributed by atoms with E-state index in [2.05, 4.69) is 13.8 Å². The van der Waals surface area contributed by atoms with E-state index in [1.807, 2.05) is 0 Å². The monoisotopic (exact) mass is 632 g/mol. The van der Waals surface area contributed by atoms with E-state index in [0.717, 1.165) is 50.0 Å². The fourth-order valence-electron chi connectivity index (χ4n) is 3.90. The number of hydrogen-bond donors (Lipinski definition) is 2. The largest absolute Gasteiger partial charge is 0.478 e. The first kappa shape index (κ1) is 43.4. The summed E-state index contributed by atoms with van der Waals surface area (Å²) < 4.78 is 9.75. The summed E-state index contributed by atoms with van der Waals surface area (Å²) in [5.41, 5.74) is 0. The Kier molecular flexibility index (Phi) is 38.2. The first-order valence-corrected chi connectivity index (χ1v) is 15.5. The molecule has 0 heterocycles. The van der Waals surface area contributed by atoms with Gasteiger partial charge in [0.05, 0.1) is 13.2 Å². The molecule has 0 radical (unpaired) electrons. The van der Waals surface area contributed by atoms with Crippen molar-refractivity contribution in [1.29, 1.82) is 0 Å². The van der Waals surface area contributed by atoms with Gasteiger partial charge in [-0.15, -0.1) is 0 Å². The minimum atomic E-state index is -1.14. The van der Waals surface area contributed by atoms with Crippen molar-refractivity contribution in [2.24, 2.45) is 0 Å². The zero-order valence-electron chi connectivity index (χ0n) is 25.9. The van der Waals surface area contributed by atoms with E-state index in [-0.39, 0.29) is 19.5 Å². The molecule has 0 spiro atoms. The van der Waals surface area contributed by atoms with E-state index >= 15 is 0 Å². The second-order valence-electron chi connectivity index (χ2n) is 10.0. The fraction of sp³-hybridized carbons (Fsp3) is 0.750. The van der Waals surface area contributed by atoms with Crippen LogP contribution >= 0.6 is 0 Å². The minimum Gasteiger partial charge on any atom is -0.478 e. The van der Waals surface area contributed by atoms with Gasteiger partial charge in [-0.25, -0.2) is 19.2 Å². The maximum atomic E-state index is 11.0. The number of esters is 2. The second-order valence-corrected chi connectivity index (χ2v) is 10.0. The van der Waals surface area contributed by atoms with Crippen molar-refractivity contribution in [3.63, 3.8) is 0 Å². The number of hydrogen-bond acceptors (Lipinski definition) is 6. The normalized spacial score (nSPS) is 10.6. The third-order valence-corrected chi connectivity index (χ3v) is 6.21. The Morgan fingerprint density at radius 2 is 0.683 bits per heavy atom. The molecule has 9 heteroatoms. The van der Waals surface area contributed by atoms with Crippen LogP contribution in [0.5, 0.6) is 0 Å². The molecule has 234 valence electrons. The van der Waals surface area contributed by atoms with Gasteiger partial charge in [0.2, 0.25) is 0 Å². The maximum absolute atomic E-state index is 11.0. The predicted octanol–water partition coefficient (Wildman–Crippen LogP) is 8.18. The van der Waals surface area contributed by atoms with Crippen LogP contribution in [-0.4, -0.2) is 47.3 Å². The van der Waals surface area contributed by atoms with Crippen LogP contribution < -0.4 is 0 Å². The Morgan fingerprint density at radius 3 is 0.927 bits per heavy atom. The van der Waals surface area contributed by atoms with Gasteiger partial charge in [-0.2, -0.15) is 0 Å². The molecule has 0 aliphatic heterocycles. The number of carbonyl (C=O) groups excluding carboxylic acids is 2. The third kappa shape index (κ3) is 42.6. The van der Waals surface area contributed by atoms with E-state index in [0.29, 0.717) is 13.2 Å². The SMILES string of the molecule is CCCCCCCCCCCCOC(=O)/C=C\C(=O)O.CCCCCCCCCCCCOC(=O)/C=C\C(=O)O.[Zn]. The molecule has 0 rings (SSSR count). The molecule has 0 aliphatic carbocycles. The van der Waals surface area contributed by atoms with Gasteiger partial charge in [0.25, 0.3) is 0 Å². The van der Waals surface area contributed by atoms with Crippen LogP contribution in [0, 0.1) is 0 Å². The molecule has 2 N–H and O–H groups in total.